The van der Waals surface area contributed by atoms with Crippen LogP contribution in [0.15, 0.2) is 48.5 Å². The summed E-state index contributed by atoms with van der Waals surface area (Å²) in [6, 6.07) is 12.1. The molecule has 1 N–H and O–H groups in total. The van der Waals surface area contributed by atoms with Crippen LogP contribution >= 0.6 is 11.6 Å². The largest absolute Gasteiger partial charge is 0.430 e. The van der Waals surface area contributed by atoms with E-state index >= 15 is 0 Å². The fourth-order valence-electron chi connectivity index (χ4n) is 5.64. The molecule has 0 spiro atoms. The van der Waals surface area contributed by atoms with Crippen LogP contribution in [0.5, 0.6) is 0 Å². The number of hydrogen-bond acceptors (Lipinski definition) is 4. The van der Waals surface area contributed by atoms with Crippen LogP contribution in [0.4, 0.5) is 18.9 Å². The van der Waals surface area contributed by atoms with Crippen LogP contribution in [-0.4, -0.2) is 54.1 Å². The highest BCUT2D eigenvalue weighted by Crippen LogP contribution is 2.42. The molecule has 2 fully saturated rings. The molecule has 2 aliphatic heterocycles. The van der Waals surface area contributed by atoms with Gasteiger partial charge in [0.2, 0.25) is 0 Å². The summed E-state index contributed by atoms with van der Waals surface area (Å²) >= 11 is 6.34. The molecular weight excluding hydrogens is 505 g/mol. The van der Waals surface area contributed by atoms with Crippen molar-refractivity contribution >= 4 is 29.0 Å². The molecule has 0 aliphatic carbocycles. The highest BCUT2D eigenvalue weighted by atomic mass is 35.5. The minimum Gasteiger partial charge on any atom is -0.371 e. The summed E-state index contributed by atoms with van der Waals surface area (Å²) in [4.78, 5) is 28.4. The summed E-state index contributed by atoms with van der Waals surface area (Å²) in [6.07, 6.45) is -1.64. The Morgan fingerprint density at radius 1 is 0.946 bits per heavy atom. The van der Waals surface area contributed by atoms with E-state index in [9.17, 15) is 27.9 Å². The summed E-state index contributed by atoms with van der Waals surface area (Å²) in [5.74, 6) is -0.561. The zero-order chi connectivity index (χ0) is 26.8. The number of likely N-dealkylation sites (tertiary alicyclic amines) is 1. The Morgan fingerprint density at radius 3 is 2.03 bits per heavy atom. The molecule has 0 aromatic heterocycles. The van der Waals surface area contributed by atoms with Gasteiger partial charge in [-0.1, -0.05) is 48.9 Å². The number of Topliss-reactive ketones (excluding diaryl/α,β-unsaturated/α-hetero) is 1. The number of aliphatic hydroxyl groups is 1. The third kappa shape index (κ3) is 5.50. The van der Waals surface area contributed by atoms with E-state index < -0.39 is 23.2 Å². The van der Waals surface area contributed by atoms with Gasteiger partial charge in [-0.3, -0.25) is 9.59 Å². The smallest absolute Gasteiger partial charge is 0.371 e. The Hall–Kier alpha value is -2.58. The number of rotatable bonds is 6. The van der Waals surface area contributed by atoms with Crippen LogP contribution in [0.2, 0.25) is 5.02 Å². The average Bonchev–Trinajstić information content (AvgIpc) is 2.91. The molecule has 0 bridgehead atoms. The SMILES string of the molecule is CCC(=O)c1ccc(N2CCC(C3CCN(C(=O)[C@](O)(c4ccccc4)C(F)(F)F)CC3)CC2)cc1Cl. The van der Waals surface area contributed by atoms with Gasteiger partial charge in [-0.2, -0.15) is 13.2 Å². The van der Waals surface area contributed by atoms with Gasteiger partial charge in [0.1, 0.15) is 0 Å². The number of carbonyl (C=O) groups excluding carboxylic acids is 2. The lowest BCUT2D eigenvalue weighted by Crippen LogP contribution is -2.57. The Balaban J connectivity index is 1.34. The van der Waals surface area contributed by atoms with Gasteiger partial charge in [-0.15, -0.1) is 0 Å². The molecule has 0 radical (unpaired) electrons. The van der Waals surface area contributed by atoms with Crippen molar-refractivity contribution in [2.75, 3.05) is 31.1 Å². The van der Waals surface area contributed by atoms with Crippen molar-refractivity contribution in [3.8, 4) is 0 Å². The molecule has 4 rings (SSSR count). The first kappa shape index (κ1) is 27.5. The first-order valence-electron chi connectivity index (χ1n) is 12.8. The normalized spacial score (nSPS) is 19.5. The number of ketones is 1. The standard InChI is InChI=1S/C28H32ClF3N2O3/c1-2-25(35)23-9-8-22(18-24(23)29)33-14-10-19(11-15-33)20-12-16-34(17-13-20)26(36)27(37,28(30,31)32)21-6-4-3-5-7-21/h3-9,18-20,37H,2,10-17H2,1H3/t27-/m1/s1. The summed E-state index contributed by atoms with van der Waals surface area (Å²) < 4.78 is 41.8. The molecule has 2 aromatic rings. The monoisotopic (exact) mass is 536 g/mol. The molecule has 2 aliphatic rings. The van der Waals surface area contributed by atoms with Crippen molar-refractivity contribution in [3.63, 3.8) is 0 Å². The maximum Gasteiger partial charge on any atom is 0.430 e. The molecule has 2 heterocycles. The van der Waals surface area contributed by atoms with Crippen molar-refractivity contribution in [2.24, 2.45) is 11.8 Å². The van der Waals surface area contributed by atoms with Crippen molar-refractivity contribution in [1.82, 2.24) is 4.90 Å². The lowest BCUT2D eigenvalue weighted by molar-refractivity contribution is -0.262. The van der Waals surface area contributed by atoms with E-state index in [2.05, 4.69) is 4.90 Å². The number of halogens is 4. The molecular formula is C28H32ClF3N2O3. The van der Waals surface area contributed by atoms with Crippen molar-refractivity contribution < 1.29 is 27.9 Å². The Kier molecular flexibility index (Phi) is 8.19. The van der Waals surface area contributed by atoms with E-state index in [1.807, 2.05) is 12.1 Å². The van der Waals surface area contributed by atoms with E-state index in [-0.39, 0.29) is 18.9 Å². The molecule has 37 heavy (non-hydrogen) atoms. The highest BCUT2D eigenvalue weighted by molar-refractivity contribution is 6.34. The number of piperidine rings is 2. The molecule has 1 atom stereocenters. The molecule has 1 amide bonds. The van der Waals surface area contributed by atoms with Crippen molar-refractivity contribution in [1.29, 1.82) is 0 Å². The van der Waals surface area contributed by atoms with Gasteiger partial charge in [0.05, 0.1) is 5.02 Å². The molecule has 0 saturated carbocycles. The third-order valence-electron chi connectivity index (χ3n) is 7.88. The van der Waals surface area contributed by atoms with Gasteiger partial charge in [-0.05, 0) is 55.7 Å². The Morgan fingerprint density at radius 2 is 1.51 bits per heavy atom. The predicted octanol–water partition coefficient (Wildman–Crippen LogP) is 5.84. The minimum atomic E-state index is -5.12. The number of carbonyl (C=O) groups is 2. The second kappa shape index (κ2) is 11.0. The molecule has 9 heteroatoms. The third-order valence-corrected chi connectivity index (χ3v) is 8.20. The van der Waals surface area contributed by atoms with Crippen LogP contribution in [-0.2, 0) is 10.4 Å². The lowest BCUT2D eigenvalue weighted by Gasteiger charge is -2.42. The second-order valence-electron chi connectivity index (χ2n) is 9.97. The molecule has 0 unspecified atom stereocenters. The highest BCUT2D eigenvalue weighted by Gasteiger charge is 2.62. The summed E-state index contributed by atoms with van der Waals surface area (Å²) in [6.45, 7) is 3.83. The Labute approximate surface area is 220 Å². The van der Waals surface area contributed by atoms with Gasteiger partial charge >= 0.3 is 6.18 Å². The molecule has 5 nitrogen and oxygen atoms in total. The molecule has 200 valence electrons. The summed E-state index contributed by atoms with van der Waals surface area (Å²) in [7, 11) is 0. The van der Waals surface area contributed by atoms with Crippen molar-refractivity contribution in [2.45, 2.75) is 50.8 Å². The summed E-state index contributed by atoms with van der Waals surface area (Å²) in [5.41, 5.74) is -2.50. The zero-order valence-electron chi connectivity index (χ0n) is 20.8. The van der Waals surface area contributed by atoms with Gasteiger partial charge < -0.3 is 14.9 Å². The number of nitrogens with zero attached hydrogens (tertiary/aromatic N) is 2. The van der Waals surface area contributed by atoms with Crippen LogP contribution in [0.25, 0.3) is 0 Å². The first-order chi connectivity index (χ1) is 17.6. The number of alkyl halides is 3. The van der Waals surface area contributed by atoms with E-state index in [0.29, 0.717) is 41.7 Å². The fraction of sp³-hybridized carbons (Fsp3) is 0.500. The van der Waals surface area contributed by atoms with E-state index in [0.717, 1.165) is 48.7 Å². The molecule has 2 aromatic carbocycles. The quantitative estimate of drug-likeness (QED) is 0.471. The van der Waals surface area contributed by atoms with Crippen LogP contribution in [0.3, 0.4) is 0 Å². The van der Waals surface area contributed by atoms with Gasteiger partial charge in [-0.25, -0.2) is 0 Å². The lowest BCUT2D eigenvalue weighted by atomic mass is 9.78. The second-order valence-corrected chi connectivity index (χ2v) is 10.4. The maximum absolute atomic E-state index is 13.9. The number of anilines is 1. The van der Waals surface area contributed by atoms with Crippen LogP contribution in [0.1, 0.15) is 54.9 Å². The van der Waals surface area contributed by atoms with Gasteiger partial charge in [0.15, 0.2) is 5.78 Å². The Bertz CT molecular complexity index is 1110. The minimum absolute atomic E-state index is 0.0116. The van der Waals surface area contributed by atoms with Crippen molar-refractivity contribution in [3.05, 3.63) is 64.7 Å². The predicted molar refractivity (Wildman–Crippen MR) is 137 cm³/mol. The van der Waals surface area contributed by atoms with Crippen LogP contribution < -0.4 is 4.90 Å². The topological polar surface area (TPSA) is 60.9 Å². The number of hydrogen-bond donors (Lipinski definition) is 1. The first-order valence-corrected chi connectivity index (χ1v) is 13.2. The fourth-order valence-corrected chi connectivity index (χ4v) is 5.92. The van der Waals surface area contributed by atoms with E-state index in [1.54, 1.807) is 19.1 Å². The van der Waals surface area contributed by atoms with Gasteiger partial charge in [0, 0.05) is 49.4 Å². The van der Waals surface area contributed by atoms with Gasteiger partial charge in [0.25, 0.3) is 11.5 Å². The van der Waals surface area contributed by atoms with E-state index in [4.69, 9.17) is 11.6 Å². The van der Waals surface area contributed by atoms with E-state index in [1.165, 1.54) is 12.1 Å². The molecule has 2 saturated heterocycles. The van der Waals surface area contributed by atoms with Crippen LogP contribution in [0, 0.1) is 11.8 Å². The summed E-state index contributed by atoms with van der Waals surface area (Å²) in [5, 5.41) is 11.1. The average molecular weight is 537 g/mol. The zero-order valence-corrected chi connectivity index (χ0v) is 21.6. The maximum atomic E-state index is 13.9. The number of amides is 1. The number of benzene rings is 2.